The summed E-state index contributed by atoms with van der Waals surface area (Å²) in [5.41, 5.74) is 0.640. The van der Waals surface area contributed by atoms with Gasteiger partial charge < -0.3 is 24.7 Å². The third-order valence-electron chi connectivity index (χ3n) is 6.72. The molecule has 0 radical (unpaired) electrons. The molecule has 0 saturated carbocycles. The zero-order valence-corrected chi connectivity index (χ0v) is 18.3. The van der Waals surface area contributed by atoms with Gasteiger partial charge in [-0.3, -0.25) is 0 Å². The highest BCUT2D eigenvalue weighted by Gasteiger charge is 2.38. The number of rotatable bonds is 6. The lowest BCUT2D eigenvalue weighted by atomic mass is 9.87. The van der Waals surface area contributed by atoms with Crippen LogP contribution < -0.4 is 9.64 Å². The zero-order valence-electron chi connectivity index (χ0n) is 18.3. The van der Waals surface area contributed by atoms with Gasteiger partial charge in [0.1, 0.15) is 23.8 Å². The van der Waals surface area contributed by atoms with Crippen molar-refractivity contribution in [2.45, 2.75) is 43.8 Å². The Morgan fingerprint density at radius 2 is 1.42 bits per heavy atom. The summed E-state index contributed by atoms with van der Waals surface area (Å²) in [5, 5.41) is 22.0. The molecule has 6 heteroatoms. The van der Waals surface area contributed by atoms with Gasteiger partial charge >= 0.3 is 0 Å². The van der Waals surface area contributed by atoms with E-state index in [1.807, 2.05) is 31.2 Å². The van der Waals surface area contributed by atoms with E-state index >= 15 is 0 Å². The summed E-state index contributed by atoms with van der Waals surface area (Å²) in [6, 6.07) is 14.4. The van der Waals surface area contributed by atoms with Crippen LogP contribution in [0.3, 0.4) is 0 Å². The molecule has 0 amide bonds. The lowest BCUT2D eigenvalue weighted by Crippen LogP contribution is -2.55. The van der Waals surface area contributed by atoms with Crippen molar-refractivity contribution in [1.29, 1.82) is 0 Å². The first-order valence-electron chi connectivity index (χ1n) is 11.2. The molecule has 0 atom stereocenters. The maximum atomic E-state index is 13.2. The van der Waals surface area contributed by atoms with Gasteiger partial charge in [0, 0.05) is 38.4 Å². The van der Waals surface area contributed by atoms with Crippen molar-refractivity contribution in [3.63, 3.8) is 0 Å². The van der Waals surface area contributed by atoms with E-state index in [1.165, 1.54) is 17.7 Å². The first-order valence-corrected chi connectivity index (χ1v) is 11.2. The van der Waals surface area contributed by atoms with Crippen LogP contribution in [0.5, 0.6) is 5.75 Å². The van der Waals surface area contributed by atoms with Crippen LogP contribution in [0.2, 0.25) is 0 Å². The van der Waals surface area contributed by atoms with Crippen LogP contribution in [-0.2, 0) is 0 Å². The minimum atomic E-state index is -0.823. The molecule has 2 aliphatic rings. The zero-order chi connectivity index (χ0) is 21.9. The molecule has 168 valence electrons. The van der Waals surface area contributed by atoms with Crippen LogP contribution in [0.15, 0.2) is 48.5 Å². The van der Waals surface area contributed by atoms with E-state index in [-0.39, 0.29) is 5.82 Å². The number of likely N-dealkylation sites (tertiary alicyclic amines) is 1. The normalized spacial score (nSPS) is 21.1. The smallest absolute Gasteiger partial charge is 0.123 e. The number of hydrogen-bond acceptors (Lipinski definition) is 5. The fourth-order valence-electron chi connectivity index (χ4n) is 4.53. The van der Waals surface area contributed by atoms with Crippen LogP contribution in [0.25, 0.3) is 0 Å². The summed E-state index contributed by atoms with van der Waals surface area (Å²) >= 11 is 0. The monoisotopic (exact) mass is 428 g/mol. The summed E-state index contributed by atoms with van der Waals surface area (Å²) in [6.45, 7) is 5.96. The van der Waals surface area contributed by atoms with Crippen molar-refractivity contribution in [2.75, 3.05) is 44.2 Å². The lowest BCUT2D eigenvalue weighted by Gasteiger charge is -2.44. The van der Waals surface area contributed by atoms with Crippen molar-refractivity contribution >= 4 is 5.69 Å². The average Bonchev–Trinajstić information content (AvgIpc) is 2.77. The van der Waals surface area contributed by atoms with Crippen LogP contribution >= 0.6 is 0 Å². The highest BCUT2D eigenvalue weighted by molar-refractivity contribution is 5.46. The van der Waals surface area contributed by atoms with Crippen LogP contribution in [0.4, 0.5) is 10.1 Å². The minimum absolute atomic E-state index is 0.230. The third-order valence-corrected chi connectivity index (χ3v) is 6.72. The number of nitrogens with zero attached hydrogens (tertiary/aromatic N) is 2. The lowest BCUT2D eigenvalue weighted by molar-refractivity contribution is -0.0747. The molecule has 0 aliphatic carbocycles. The molecule has 2 aromatic rings. The average molecular weight is 429 g/mol. The van der Waals surface area contributed by atoms with E-state index in [0.29, 0.717) is 38.8 Å². The van der Waals surface area contributed by atoms with Gasteiger partial charge in [-0.2, -0.15) is 0 Å². The Kier molecular flexibility index (Phi) is 6.51. The van der Waals surface area contributed by atoms with Crippen LogP contribution in [0, 0.1) is 12.7 Å². The van der Waals surface area contributed by atoms with Gasteiger partial charge in [0.25, 0.3) is 0 Å². The van der Waals surface area contributed by atoms with Crippen molar-refractivity contribution in [1.82, 2.24) is 4.90 Å². The largest absolute Gasteiger partial charge is 0.491 e. The highest BCUT2D eigenvalue weighted by Crippen LogP contribution is 2.30. The number of anilines is 1. The first kappa shape index (κ1) is 22.1. The number of β-amino-alcohol motifs (C(OH)–C–C–N with tert-alkyl or cyclic N) is 1. The quantitative estimate of drug-likeness (QED) is 0.739. The Morgan fingerprint density at radius 3 is 2.03 bits per heavy atom. The molecule has 4 rings (SSSR count). The molecule has 0 unspecified atom stereocenters. The molecule has 0 spiro atoms. The standard InChI is InChI=1S/C25H33FN2O3/c1-20-2-8-23(9-3-20)31-19-25(30)10-14-27(15-11-25)18-24(29)12-16-28(17-13-24)22-6-4-21(26)5-7-22/h2-9,29-30H,10-19H2,1H3. The molecule has 2 heterocycles. The summed E-state index contributed by atoms with van der Waals surface area (Å²) in [5.74, 6) is 0.551. The predicted molar refractivity (Wildman–Crippen MR) is 120 cm³/mol. The Hall–Kier alpha value is -2.15. The van der Waals surface area contributed by atoms with Crippen molar-refractivity contribution in [3.05, 3.63) is 59.9 Å². The van der Waals surface area contributed by atoms with Gasteiger partial charge in [0.15, 0.2) is 0 Å². The van der Waals surface area contributed by atoms with Crippen LogP contribution in [0.1, 0.15) is 31.2 Å². The maximum absolute atomic E-state index is 13.2. The molecule has 2 saturated heterocycles. The first-order chi connectivity index (χ1) is 14.8. The Balaban J connectivity index is 1.23. The van der Waals surface area contributed by atoms with Crippen molar-refractivity contribution in [3.8, 4) is 5.75 Å². The van der Waals surface area contributed by atoms with Crippen LogP contribution in [-0.4, -0.2) is 65.6 Å². The Labute approximate surface area is 184 Å². The summed E-state index contributed by atoms with van der Waals surface area (Å²) in [7, 11) is 0. The predicted octanol–water partition coefficient (Wildman–Crippen LogP) is 3.37. The van der Waals surface area contributed by atoms with E-state index in [1.54, 1.807) is 12.1 Å². The topological polar surface area (TPSA) is 56.2 Å². The molecule has 2 aliphatic heterocycles. The van der Waals surface area contributed by atoms with Gasteiger partial charge in [-0.25, -0.2) is 4.39 Å². The van der Waals surface area contributed by atoms with E-state index in [2.05, 4.69) is 9.80 Å². The van der Waals surface area contributed by atoms with Gasteiger partial charge in [0.05, 0.1) is 5.60 Å². The summed E-state index contributed by atoms with van der Waals surface area (Å²) in [4.78, 5) is 4.46. The second-order valence-electron chi connectivity index (χ2n) is 9.29. The fraction of sp³-hybridized carbons (Fsp3) is 0.520. The highest BCUT2D eigenvalue weighted by atomic mass is 19.1. The van der Waals surface area contributed by atoms with Crippen molar-refractivity contribution in [2.24, 2.45) is 0 Å². The molecule has 2 N–H and O–H groups in total. The Morgan fingerprint density at radius 1 is 0.839 bits per heavy atom. The fourth-order valence-corrected chi connectivity index (χ4v) is 4.53. The van der Waals surface area contributed by atoms with E-state index in [4.69, 9.17) is 4.74 Å². The number of ether oxygens (including phenoxy) is 1. The molecule has 31 heavy (non-hydrogen) atoms. The minimum Gasteiger partial charge on any atom is -0.491 e. The second-order valence-corrected chi connectivity index (χ2v) is 9.29. The molecular weight excluding hydrogens is 395 g/mol. The summed E-state index contributed by atoms with van der Waals surface area (Å²) in [6.07, 6.45) is 2.64. The van der Waals surface area contributed by atoms with Gasteiger partial charge in [0.2, 0.25) is 0 Å². The number of halogens is 1. The number of hydrogen-bond donors (Lipinski definition) is 2. The third kappa shape index (κ3) is 5.76. The van der Waals surface area contributed by atoms with Gasteiger partial charge in [-0.05, 0) is 69.0 Å². The van der Waals surface area contributed by atoms with Gasteiger partial charge in [-0.1, -0.05) is 17.7 Å². The van der Waals surface area contributed by atoms with E-state index < -0.39 is 11.2 Å². The molecule has 0 bridgehead atoms. The number of piperidine rings is 2. The van der Waals surface area contributed by atoms with Crippen molar-refractivity contribution < 1.29 is 19.3 Å². The number of benzene rings is 2. The molecule has 2 aromatic carbocycles. The van der Waals surface area contributed by atoms with Gasteiger partial charge in [-0.15, -0.1) is 0 Å². The van der Waals surface area contributed by atoms with E-state index in [9.17, 15) is 14.6 Å². The Bertz CT molecular complexity index is 840. The molecule has 2 fully saturated rings. The molecular formula is C25H33FN2O3. The summed E-state index contributed by atoms with van der Waals surface area (Å²) < 4.78 is 19.0. The maximum Gasteiger partial charge on any atom is 0.123 e. The number of aryl methyl sites for hydroxylation is 1. The number of aliphatic hydroxyl groups is 2. The molecule has 5 nitrogen and oxygen atoms in total. The second kappa shape index (κ2) is 9.15. The SMILES string of the molecule is Cc1ccc(OCC2(O)CCN(CC3(O)CCN(c4ccc(F)cc4)CC3)CC2)cc1. The van der Waals surface area contributed by atoms with E-state index in [0.717, 1.165) is 37.6 Å². The molecule has 0 aromatic heterocycles.